The number of rotatable bonds is 4. The van der Waals surface area contributed by atoms with Crippen LogP contribution < -0.4 is 9.47 Å². The maximum Gasteiger partial charge on any atom is 0.260 e. The molecule has 1 heterocycles. The highest BCUT2D eigenvalue weighted by molar-refractivity contribution is 5.78. The van der Waals surface area contributed by atoms with Crippen LogP contribution in [-0.4, -0.2) is 37.6 Å². The van der Waals surface area contributed by atoms with Crippen molar-refractivity contribution in [3.05, 3.63) is 24.3 Å². The number of para-hydroxylation sites is 2. The number of likely N-dealkylation sites (tertiary alicyclic amines) is 1. The van der Waals surface area contributed by atoms with Crippen molar-refractivity contribution in [2.24, 2.45) is 11.8 Å². The molecule has 1 aliphatic heterocycles. The maximum atomic E-state index is 11.9. The van der Waals surface area contributed by atoms with Crippen molar-refractivity contribution in [2.45, 2.75) is 6.42 Å². The average Bonchev–Trinajstić information content (AvgIpc) is 3.02. The molecule has 2 atom stereocenters. The second kappa shape index (κ2) is 4.52. The summed E-state index contributed by atoms with van der Waals surface area (Å²) in [6.07, 6.45) is 1.30. The molecule has 1 saturated carbocycles. The summed E-state index contributed by atoms with van der Waals surface area (Å²) in [5, 5.41) is 0. The Labute approximate surface area is 106 Å². The molecule has 0 N–H and O–H groups in total. The lowest BCUT2D eigenvalue weighted by atomic mass is 10.3. The normalized spacial score (nSPS) is 24.6. The highest BCUT2D eigenvalue weighted by Gasteiger charge is 2.46. The molecule has 0 bridgehead atoms. The number of hydrogen-bond donors (Lipinski definition) is 0. The quantitative estimate of drug-likeness (QED) is 0.810. The molecule has 1 amide bonds. The summed E-state index contributed by atoms with van der Waals surface area (Å²) >= 11 is 0. The van der Waals surface area contributed by atoms with Gasteiger partial charge >= 0.3 is 0 Å². The van der Waals surface area contributed by atoms with Gasteiger partial charge in [-0.2, -0.15) is 0 Å². The van der Waals surface area contributed by atoms with Crippen LogP contribution in [0.25, 0.3) is 0 Å². The number of benzene rings is 1. The van der Waals surface area contributed by atoms with Crippen LogP contribution in [0, 0.1) is 11.8 Å². The molecule has 4 nitrogen and oxygen atoms in total. The standard InChI is InChI=1S/C14H17NO3/c1-17-12-4-2-3-5-13(12)18-9-14(16)15-7-10-6-11(10)8-15/h2-5,10-11H,6-9H2,1H3. The van der Waals surface area contributed by atoms with Gasteiger partial charge in [-0.3, -0.25) is 4.79 Å². The van der Waals surface area contributed by atoms with Gasteiger partial charge in [0.15, 0.2) is 18.1 Å². The maximum absolute atomic E-state index is 11.9. The summed E-state index contributed by atoms with van der Waals surface area (Å²) in [5.74, 6) is 2.89. The van der Waals surface area contributed by atoms with E-state index >= 15 is 0 Å². The zero-order valence-corrected chi connectivity index (χ0v) is 10.5. The molecule has 1 aromatic rings. The Morgan fingerprint density at radius 3 is 2.61 bits per heavy atom. The molecule has 2 fully saturated rings. The van der Waals surface area contributed by atoms with Gasteiger partial charge in [-0.25, -0.2) is 0 Å². The van der Waals surface area contributed by atoms with Gasteiger partial charge in [0.2, 0.25) is 0 Å². The first kappa shape index (κ1) is 11.4. The van der Waals surface area contributed by atoms with Crippen molar-refractivity contribution in [3.8, 4) is 11.5 Å². The largest absolute Gasteiger partial charge is 0.493 e. The van der Waals surface area contributed by atoms with Crippen molar-refractivity contribution in [1.82, 2.24) is 4.90 Å². The van der Waals surface area contributed by atoms with E-state index in [0.29, 0.717) is 11.5 Å². The second-order valence-electron chi connectivity index (χ2n) is 4.99. The van der Waals surface area contributed by atoms with Crippen molar-refractivity contribution in [3.63, 3.8) is 0 Å². The second-order valence-corrected chi connectivity index (χ2v) is 4.99. The third-order valence-corrected chi connectivity index (χ3v) is 3.75. The Hall–Kier alpha value is -1.71. The monoisotopic (exact) mass is 247 g/mol. The van der Waals surface area contributed by atoms with Crippen molar-refractivity contribution < 1.29 is 14.3 Å². The Bertz CT molecular complexity index is 450. The summed E-state index contributed by atoms with van der Waals surface area (Å²) < 4.78 is 10.7. The number of fused-ring (bicyclic) bond motifs is 1. The summed E-state index contributed by atoms with van der Waals surface area (Å²) in [7, 11) is 1.60. The number of amides is 1. The third kappa shape index (κ3) is 2.15. The first-order valence-corrected chi connectivity index (χ1v) is 6.31. The summed E-state index contributed by atoms with van der Waals surface area (Å²) in [5.41, 5.74) is 0. The van der Waals surface area contributed by atoms with E-state index in [1.807, 2.05) is 29.2 Å². The van der Waals surface area contributed by atoms with E-state index in [4.69, 9.17) is 9.47 Å². The number of methoxy groups -OCH3 is 1. The molecular formula is C14H17NO3. The number of nitrogens with zero attached hydrogens (tertiary/aromatic N) is 1. The molecule has 2 unspecified atom stereocenters. The number of ether oxygens (including phenoxy) is 2. The number of piperidine rings is 1. The Kier molecular flexibility index (Phi) is 2.86. The predicted molar refractivity (Wildman–Crippen MR) is 66.7 cm³/mol. The Balaban J connectivity index is 1.55. The lowest BCUT2D eigenvalue weighted by Crippen LogP contribution is -2.34. The van der Waals surface area contributed by atoms with Crippen molar-refractivity contribution in [2.75, 3.05) is 26.8 Å². The summed E-state index contributed by atoms with van der Waals surface area (Å²) in [6, 6.07) is 7.38. The van der Waals surface area contributed by atoms with Gasteiger partial charge in [0, 0.05) is 13.1 Å². The average molecular weight is 247 g/mol. The highest BCUT2D eigenvalue weighted by atomic mass is 16.5. The van der Waals surface area contributed by atoms with Crippen LogP contribution in [0.4, 0.5) is 0 Å². The predicted octanol–water partition coefficient (Wildman–Crippen LogP) is 1.55. The van der Waals surface area contributed by atoms with E-state index in [2.05, 4.69) is 0 Å². The molecule has 3 rings (SSSR count). The Morgan fingerprint density at radius 2 is 1.94 bits per heavy atom. The number of carbonyl (C=O) groups excluding carboxylic acids is 1. The minimum atomic E-state index is 0.0770. The fourth-order valence-electron chi connectivity index (χ4n) is 2.57. The molecule has 0 radical (unpaired) electrons. The molecule has 1 aromatic carbocycles. The number of carbonyl (C=O) groups is 1. The van der Waals surface area contributed by atoms with Gasteiger partial charge in [-0.15, -0.1) is 0 Å². The summed E-state index contributed by atoms with van der Waals surface area (Å²) in [4.78, 5) is 13.9. The minimum Gasteiger partial charge on any atom is -0.493 e. The first-order chi connectivity index (χ1) is 8.78. The lowest BCUT2D eigenvalue weighted by molar-refractivity contribution is -0.132. The molecule has 18 heavy (non-hydrogen) atoms. The molecule has 0 aromatic heterocycles. The van der Waals surface area contributed by atoms with Crippen molar-refractivity contribution in [1.29, 1.82) is 0 Å². The first-order valence-electron chi connectivity index (χ1n) is 6.31. The van der Waals surface area contributed by atoms with Gasteiger partial charge in [0.05, 0.1) is 7.11 Å². The van der Waals surface area contributed by atoms with Crippen LogP contribution in [-0.2, 0) is 4.79 Å². The molecule has 1 saturated heterocycles. The van der Waals surface area contributed by atoms with E-state index in [-0.39, 0.29) is 12.5 Å². The van der Waals surface area contributed by atoms with Crippen LogP contribution >= 0.6 is 0 Å². The lowest BCUT2D eigenvalue weighted by Gasteiger charge is -2.18. The molecular weight excluding hydrogens is 230 g/mol. The zero-order chi connectivity index (χ0) is 12.5. The third-order valence-electron chi connectivity index (χ3n) is 3.75. The van der Waals surface area contributed by atoms with Crippen molar-refractivity contribution >= 4 is 5.91 Å². The fourth-order valence-corrected chi connectivity index (χ4v) is 2.57. The SMILES string of the molecule is COc1ccccc1OCC(=O)N1CC2CC2C1. The van der Waals surface area contributed by atoms with E-state index in [1.165, 1.54) is 6.42 Å². The minimum absolute atomic E-state index is 0.0770. The van der Waals surface area contributed by atoms with E-state index < -0.39 is 0 Å². The summed E-state index contributed by atoms with van der Waals surface area (Å²) in [6.45, 7) is 1.93. The van der Waals surface area contributed by atoms with Gasteiger partial charge in [0.1, 0.15) is 0 Å². The van der Waals surface area contributed by atoms with Crippen LogP contribution in [0.3, 0.4) is 0 Å². The van der Waals surface area contributed by atoms with Gasteiger partial charge in [0.25, 0.3) is 5.91 Å². The molecule has 96 valence electrons. The Morgan fingerprint density at radius 1 is 1.28 bits per heavy atom. The molecule has 2 aliphatic rings. The zero-order valence-electron chi connectivity index (χ0n) is 10.5. The van der Waals surface area contributed by atoms with E-state index in [9.17, 15) is 4.79 Å². The highest BCUT2D eigenvalue weighted by Crippen LogP contribution is 2.44. The van der Waals surface area contributed by atoms with Gasteiger partial charge in [-0.05, 0) is 30.4 Å². The van der Waals surface area contributed by atoms with Gasteiger partial charge in [-0.1, -0.05) is 12.1 Å². The molecule has 4 heteroatoms. The molecule has 0 spiro atoms. The topological polar surface area (TPSA) is 38.8 Å². The van der Waals surface area contributed by atoms with Crippen LogP contribution in [0.15, 0.2) is 24.3 Å². The van der Waals surface area contributed by atoms with Crippen LogP contribution in [0.2, 0.25) is 0 Å². The van der Waals surface area contributed by atoms with E-state index in [0.717, 1.165) is 24.9 Å². The number of hydrogen-bond acceptors (Lipinski definition) is 3. The molecule has 1 aliphatic carbocycles. The van der Waals surface area contributed by atoms with Crippen LogP contribution in [0.1, 0.15) is 6.42 Å². The van der Waals surface area contributed by atoms with Gasteiger partial charge < -0.3 is 14.4 Å². The van der Waals surface area contributed by atoms with E-state index in [1.54, 1.807) is 7.11 Å². The van der Waals surface area contributed by atoms with Crippen LogP contribution in [0.5, 0.6) is 11.5 Å². The smallest absolute Gasteiger partial charge is 0.260 e. The fraction of sp³-hybridized carbons (Fsp3) is 0.500.